The molecule has 0 aromatic heterocycles. The van der Waals surface area contributed by atoms with Crippen LogP contribution in [0.3, 0.4) is 0 Å². The number of carbonyl (C=O) groups is 1. The molecule has 0 atom stereocenters. The molecule has 4 nitrogen and oxygen atoms in total. The van der Waals surface area contributed by atoms with E-state index in [2.05, 4.69) is 10.6 Å². The summed E-state index contributed by atoms with van der Waals surface area (Å²) >= 11 is 11.5. The maximum Gasteiger partial charge on any atom is 0.251 e. The molecule has 0 spiro atoms. The SMILES string of the molecule is CNC(=O)c1ccc(N)c(Nc2cc(Cl)c(F)c(Cl)c2)c1. The summed E-state index contributed by atoms with van der Waals surface area (Å²) < 4.78 is 13.4. The van der Waals surface area contributed by atoms with Crippen molar-refractivity contribution in [2.24, 2.45) is 0 Å². The number of nitrogens with one attached hydrogen (secondary N) is 2. The van der Waals surface area contributed by atoms with Gasteiger partial charge in [-0.1, -0.05) is 23.2 Å². The highest BCUT2D eigenvalue weighted by molar-refractivity contribution is 6.35. The quantitative estimate of drug-likeness (QED) is 0.593. The van der Waals surface area contributed by atoms with Gasteiger partial charge in [0.25, 0.3) is 5.91 Å². The predicted octanol–water partition coefficient (Wildman–Crippen LogP) is 3.82. The molecular formula is C14H12Cl2FN3O. The fourth-order valence-corrected chi connectivity index (χ4v) is 2.22. The zero-order chi connectivity index (χ0) is 15.6. The Morgan fingerprint density at radius 3 is 2.38 bits per heavy atom. The van der Waals surface area contributed by atoms with Gasteiger partial charge in [0.05, 0.1) is 21.4 Å². The molecule has 21 heavy (non-hydrogen) atoms. The third-order valence-electron chi connectivity index (χ3n) is 2.81. The second kappa shape index (κ2) is 6.20. The number of hydrogen-bond acceptors (Lipinski definition) is 3. The van der Waals surface area contributed by atoms with Crippen LogP contribution in [0.2, 0.25) is 10.0 Å². The van der Waals surface area contributed by atoms with Gasteiger partial charge in [-0.25, -0.2) is 4.39 Å². The first-order chi connectivity index (χ1) is 9.92. The maximum atomic E-state index is 13.4. The van der Waals surface area contributed by atoms with Crippen molar-refractivity contribution in [1.82, 2.24) is 5.32 Å². The van der Waals surface area contributed by atoms with Crippen molar-refractivity contribution in [1.29, 1.82) is 0 Å². The molecule has 110 valence electrons. The van der Waals surface area contributed by atoms with Crippen LogP contribution in [0.25, 0.3) is 0 Å². The van der Waals surface area contributed by atoms with Crippen molar-refractivity contribution in [3.63, 3.8) is 0 Å². The van der Waals surface area contributed by atoms with E-state index < -0.39 is 5.82 Å². The second-order valence-corrected chi connectivity index (χ2v) is 5.07. The van der Waals surface area contributed by atoms with Crippen molar-refractivity contribution in [3.05, 3.63) is 51.8 Å². The molecule has 0 aliphatic rings. The van der Waals surface area contributed by atoms with Gasteiger partial charge < -0.3 is 16.4 Å². The number of anilines is 3. The highest BCUT2D eigenvalue weighted by Gasteiger charge is 2.10. The third-order valence-corrected chi connectivity index (χ3v) is 3.36. The zero-order valence-electron chi connectivity index (χ0n) is 11.0. The fourth-order valence-electron chi connectivity index (χ4n) is 1.73. The Bertz CT molecular complexity index is 684. The van der Waals surface area contributed by atoms with Crippen molar-refractivity contribution in [2.75, 3.05) is 18.1 Å². The summed E-state index contributed by atoms with van der Waals surface area (Å²) in [6, 6.07) is 7.55. The summed E-state index contributed by atoms with van der Waals surface area (Å²) in [5.74, 6) is -0.927. The van der Waals surface area contributed by atoms with Gasteiger partial charge in [-0.05, 0) is 30.3 Å². The molecule has 2 rings (SSSR count). The average Bonchev–Trinajstić information content (AvgIpc) is 2.46. The lowest BCUT2D eigenvalue weighted by molar-refractivity contribution is 0.0963. The number of carbonyl (C=O) groups excluding carboxylic acids is 1. The summed E-state index contributed by atoms with van der Waals surface area (Å²) in [5, 5.41) is 5.27. The minimum Gasteiger partial charge on any atom is -0.397 e. The van der Waals surface area contributed by atoms with E-state index >= 15 is 0 Å². The molecule has 0 radical (unpaired) electrons. The lowest BCUT2D eigenvalue weighted by atomic mass is 10.1. The standard InChI is InChI=1S/C14H12Cl2FN3O/c1-19-14(21)7-2-3-11(18)12(4-7)20-8-5-9(15)13(17)10(16)6-8/h2-6,20H,18H2,1H3,(H,19,21). The molecule has 0 heterocycles. The first-order valence-corrected chi connectivity index (χ1v) is 6.71. The number of halogens is 3. The summed E-state index contributed by atoms with van der Waals surface area (Å²) in [4.78, 5) is 11.6. The fraction of sp³-hybridized carbons (Fsp3) is 0.0714. The Morgan fingerprint density at radius 1 is 1.19 bits per heavy atom. The summed E-state index contributed by atoms with van der Waals surface area (Å²) in [6.07, 6.45) is 0. The highest BCUT2D eigenvalue weighted by Crippen LogP contribution is 2.31. The van der Waals surface area contributed by atoms with Gasteiger partial charge in [0.1, 0.15) is 0 Å². The Labute approximate surface area is 131 Å². The van der Waals surface area contributed by atoms with Crippen LogP contribution in [0, 0.1) is 5.82 Å². The molecule has 0 bridgehead atoms. The van der Waals surface area contributed by atoms with Crippen LogP contribution in [-0.2, 0) is 0 Å². The van der Waals surface area contributed by atoms with Crippen LogP contribution in [0.1, 0.15) is 10.4 Å². The first kappa shape index (κ1) is 15.4. The zero-order valence-corrected chi connectivity index (χ0v) is 12.5. The van der Waals surface area contributed by atoms with Gasteiger partial charge >= 0.3 is 0 Å². The summed E-state index contributed by atoms with van der Waals surface area (Å²) in [7, 11) is 1.53. The molecule has 0 saturated heterocycles. The average molecular weight is 328 g/mol. The molecule has 1 amide bonds. The maximum absolute atomic E-state index is 13.4. The van der Waals surface area contributed by atoms with Gasteiger partial charge in [0.2, 0.25) is 0 Å². The number of nitrogen functional groups attached to an aromatic ring is 1. The van der Waals surface area contributed by atoms with Gasteiger partial charge in [-0.3, -0.25) is 4.79 Å². The predicted molar refractivity (Wildman–Crippen MR) is 83.9 cm³/mol. The molecule has 0 unspecified atom stereocenters. The Balaban J connectivity index is 2.37. The van der Waals surface area contributed by atoms with Crippen LogP contribution in [0.15, 0.2) is 30.3 Å². The Morgan fingerprint density at radius 2 is 1.81 bits per heavy atom. The van der Waals surface area contributed by atoms with Crippen LogP contribution in [-0.4, -0.2) is 13.0 Å². The lowest BCUT2D eigenvalue weighted by Gasteiger charge is -2.12. The molecule has 0 fully saturated rings. The van der Waals surface area contributed by atoms with E-state index in [1.54, 1.807) is 18.2 Å². The molecule has 7 heteroatoms. The normalized spacial score (nSPS) is 10.3. The Kier molecular flexibility index (Phi) is 4.55. The van der Waals surface area contributed by atoms with E-state index in [1.807, 2.05) is 0 Å². The Hall–Kier alpha value is -1.98. The van der Waals surface area contributed by atoms with Crippen LogP contribution in [0.4, 0.5) is 21.5 Å². The van der Waals surface area contributed by atoms with E-state index in [0.29, 0.717) is 22.6 Å². The number of rotatable bonds is 3. The molecular weight excluding hydrogens is 316 g/mol. The smallest absolute Gasteiger partial charge is 0.251 e. The third kappa shape index (κ3) is 3.37. The molecule has 4 N–H and O–H groups in total. The van der Waals surface area contributed by atoms with E-state index in [1.165, 1.54) is 19.2 Å². The number of benzene rings is 2. The topological polar surface area (TPSA) is 67.2 Å². The van der Waals surface area contributed by atoms with Gasteiger partial charge in [-0.15, -0.1) is 0 Å². The number of amides is 1. The summed E-state index contributed by atoms with van der Waals surface area (Å²) in [5.41, 5.74) is 7.68. The largest absolute Gasteiger partial charge is 0.397 e. The minimum atomic E-state index is -0.684. The minimum absolute atomic E-state index is 0.106. The van der Waals surface area contributed by atoms with Crippen LogP contribution < -0.4 is 16.4 Å². The van der Waals surface area contributed by atoms with Crippen molar-refractivity contribution >= 4 is 46.2 Å². The van der Waals surface area contributed by atoms with E-state index in [9.17, 15) is 9.18 Å². The molecule has 0 aliphatic carbocycles. The lowest BCUT2D eigenvalue weighted by Crippen LogP contribution is -2.17. The first-order valence-electron chi connectivity index (χ1n) is 5.95. The van der Waals surface area contributed by atoms with Crippen molar-refractivity contribution < 1.29 is 9.18 Å². The summed E-state index contributed by atoms with van der Waals surface area (Å²) in [6.45, 7) is 0. The van der Waals surface area contributed by atoms with Crippen LogP contribution in [0.5, 0.6) is 0 Å². The molecule has 0 saturated carbocycles. The van der Waals surface area contributed by atoms with Crippen molar-refractivity contribution in [2.45, 2.75) is 0 Å². The number of hydrogen-bond donors (Lipinski definition) is 3. The molecule has 0 aliphatic heterocycles. The second-order valence-electron chi connectivity index (χ2n) is 4.26. The number of nitrogens with two attached hydrogens (primary N) is 1. The molecule has 2 aromatic rings. The van der Waals surface area contributed by atoms with E-state index in [4.69, 9.17) is 28.9 Å². The highest BCUT2D eigenvalue weighted by atomic mass is 35.5. The molecule has 2 aromatic carbocycles. The van der Waals surface area contributed by atoms with Gasteiger partial charge in [0, 0.05) is 18.3 Å². The van der Waals surface area contributed by atoms with E-state index in [0.717, 1.165) is 0 Å². The van der Waals surface area contributed by atoms with Crippen molar-refractivity contribution in [3.8, 4) is 0 Å². The van der Waals surface area contributed by atoms with Gasteiger partial charge in [-0.2, -0.15) is 0 Å². The van der Waals surface area contributed by atoms with E-state index in [-0.39, 0.29) is 16.0 Å². The van der Waals surface area contributed by atoms with Gasteiger partial charge in [0.15, 0.2) is 5.82 Å². The van der Waals surface area contributed by atoms with Crippen LogP contribution >= 0.6 is 23.2 Å². The monoisotopic (exact) mass is 327 g/mol.